The van der Waals surface area contributed by atoms with E-state index in [1.807, 2.05) is 12.2 Å². The normalized spacial score (nSPS) is 19.6. The average molecular weight is 943 g/mol. The van der Waals surface area contributed by atoms with Crippen molar-refractivity contribution in [3.8, 4) is 0 Å². The minimum Gasteiger partial charge on any atom is -0.462 e. The van der Waals surface area contributed by atoms with Gasteiger partial charge in [-0.1, -0.05) is 209 Å². The average Bonchev–Trinajstić information content (AvgIpc) is 3.33. The Kier molecular flexibility index (Phi) is 43.5. The highest BCUT2D eigenvalue weighted by Crippen LogP contribution is 2.23. The third kappa shape index (κ3) is 37.7. The second-order valence-electron chi connectivity index (χ2n) is 18.3. The minimum absolute atomic E-state index is 0.0987. The van der Waals surface area contributed by atoms with Crippen LogP contribution in [0.2, 0.25) is 0 Å². The molecule has 67 heavy (non-hydrogen) atoms. The fourth-order valence-electron chi connectivity index (χ4n) is 7.82. The van der Waals surface area contributed by atoms with Gasteiger partial charge in [0.1, 0.15) is 31.0 Å². The van der Waals surface area contributed by atoms with E-state index in [2.05, 4.69) is 74.6 Å². The molecule has 4 N–H and O–H groups in total. The van der Waals surface area contributed by atoms with Crippen LogP contribution in [0.25, 0.3) is 0 Å². The van der Waals surface area contributed by atoms with E-state index in [9.17, 15) is 30.0 Å². The third-order valence-corrected chi connectivity index (χ3v) is 12.1. The lowest BCUT2D eigenvalue weighted by Gasteiger charge is -2.39. The molecule has 0 saturated carbocycles. The second-order valence-corrected chi connectivity index (χ2v) is 18.3. The van der Waals surface area contributed by atoms with Gasteiger partial charge in [0.2, 0.25) is 0 Å². The van der Waals surface area contributed by atoms with Crippen LogP contribution >= 0.6 is 0 Å². The van der Waals surface area contributed by atoms with Crippen LogP contribution in [-0.2, 0) is 28.5 Å². The van der Waals surface area contributed by atoms with E-state index < -0.39 is 55.4 Å². The van der Waals surface area contributed by atoms with Gasteiger partial charge >= 0.3 is 11.9 Å². The highest BCUT2D eigenvalue weighted by atomic mass is 16.7. The lowest BCUT2D eigenvalue weighted by atomic mass is 9.99. The standard InChI is InChI=1S/C57H98O10/c1-3-5-7-9-11-13-15-17-19-21-23-24-25-26-28-29-31-33-35-37-39-41-43-45-52(59)64-48-50(49-65-57-56(63)55(62)54(61)51(47-58)67-57)66-53(60)46-44-42-40-38-36-34-32-30-27-22-20-18-16-14-12-10-8-6-4-2/h12,14,18,20,27,30,34,36-37,39-40,42,50-51,54-58,61-63H,3-11,13,15-17,19,21-26,28-29,31-33,35,38,41,43-49H2,1-2H3/b14-12+,20-18+,30-27+,36-34+,39-37+,42-40+/t50-,51-,54+,55?,56?,57-/m0/s1. The maximum Gasteiger partial charge on any atom is 0.306 e. The summed E-state index contributed by atoms with van der Waals surface area (Å²) in [5.74, 6) is -0.939. The Balaban J connectivity index is 2.30. The molecule has 10 nitrogen and oxygen atoms in total. The van der Waals surface area contributed by atoms with Crippen LogP contribution in [0.15, 0.2) is 72.9 Å². The van der Waals surface area contributed by atoms with E-state index in [0.29, 0.717) is 12.8 Å². The number of unbranched alkanes of at least 4 members (excludes halogenated alkanes) is 22. The summed E-state index contributed by atoms with van der Waals surface area (Å²) in [5, 5.41) is 40.2. The monoisotopic (exact) mass is 943 g/mol. The number of rotatable bonds is 45. The molecule has 0 radical (unpaired) electrons. The zero-order chi connectivity index (χ0) is 48.7. The predicted molar refractivity (Wildman–Crippen MR) is 274 cm³/mol. The van der Waals surface area contributed by atoms with Crippen molar-refractivity contribution in [2.45, 2.75) is 256 Å². The highest BCUT2D eigenvalue weighted by molar-refractivity contribution is 5.70. The van der Waals surface area contributed by atoms with Crippen molar-refractivity contribution in [3.63, 3.8) is 0 Å². The molecule has 6 atom stereocenters. The molecule has 0 aromatic carbocycles. The molecule has 2 unspecified atom stereocenters. The molecule has 1 rings (SSSR count). The van der Waals surface area contributed by atoms with E-state index in [0.717, 1.165) is 38.5 Å². The van der Waals surface area contributed by atoms with Crippen molar-refractivity contribution in [1.29, 1.82) is 0 Å². The van der Waals surface area contributed by atoms with Crippen molar-refractivity contribution in [3.05, 3.63) is 72.9 Å². The number of esters is 2. The first kappa shape index (κ1) is 62.2. The summed E-state index contributed by atoms with van der Waals surface area (Å²) in [6.07, 6.45) is 53.7. The summed E-state index contributed by atoms with van der Waals surface area (Å²) >= 11 is 0. The molecular formula is C57H98O10. The van der Waals surface area contributed by atoms with Crippen LogP contribution in [0.4, 0.5) is 0 Å². The summed E-state index contributed by atoms with van der Waals surface area (Å²) in [6, 6.07) is 0. The number of allylic oxidation sites excluding steroid dienone is 12. The van der Waals surface area contributed by atoms with Gasteiger partial charge in [-0.05, 0) is 70.6 Å². The smallest absolute Gasteiger partial charge is 0.306 e. The Morgan fingerprint density at radius 1 is 0.463 bits per heavy atom. The van der Waals surface area contributed by atoms with Crippen LogP contribution in [-0.4, -0.2) is 89.0 Å². The van der Waals surface area contributed by atoms with Gasteiger partial charge in [0.15, 0.2) is 12.4 Å². The molecule has 386 valence electrons. The summed E-state index contributed by atoms with van der Waals surface area (Å²) in [7, 11) is 0. The molecule has 0 aliphatic carbocycles. The van der Waals surface area contributed by atoms with Gasteiger partial charge in [0.05, 0.1) is 13.2 Å². The van der Waals surface area contributed by atoms with Gasteiger partial charge in [-0.2, -0.15) is 0 Å². The van der Waals surface area contributed by atoms with E-state index >= 15 is 0 Å². The molecule has 1 saturated heterocycles. The Morgan fingerprint density at radius 2 is 0.866 bits per heavy atom. The third-order valence-electron chi connectivity index (χ3n) is 12.1. The lowest BCUT2D eigenvalue weighted by molar-refractivity contribution is -0.305. The fraction of sp³-hybridized carbons (Fsp3) is 0.754. The molecule has 10 heteroatoms. The van der Waals surface area contributed by atoms with Crippen LogP contribution in [0.1, 0.15) is 219 Å². The quantitative estimate of drug-likeness (QED) is 0.0264. The van der Waals surface area contributed by atoms with E-state index in [1.54, 1.807) is 0 Å². The van der Waals surface area contributed by atoms with E-state index in [4.69, 9.17) is 18.9 Å². The zero-order valence-electron chi connectivity index (χ0n) is 42.4. The largest absolute Gasteiger partial charge is 0.462 e. The molecule has 1 heterocycles. The number of hydrogen-bond donors (Lipinski definition) is 4. The predicted octanol–water partition coefficient (Wildman–Crippen LogP) is 13.1. The number of aliphatic hydroxyl groups is 4. The van der Waals surface area contributed by atoms with Crippen molar-refractivity contribution in [1.82, 2.24) is 0 Å². The van der Waals surface area contributed by atoms with Crippen molar-refractivity contribution < 1.29 is 49.0 Å². The minimum atomic E-state index is -1.62. The van der Waals surface area contributed by atoms with Gasteiger partial charge < -0.3 is 39.4 Å². The number of ether oxygens (including phenoxy) is 4. The topological polar surface area (TPSA) is 152 Å². The molecule has 1 aliphatic rings. The fourth-order valence-corrected chi connectivity index (χ4v) is 7.82. The summed E-state index contributed by atoms with van der Waals surface area (Å²) in [4.78, 5) is 25.4. The number of carbonyl (C=O) groups is 2. The van der Waals surface area contributed by atoms with Gasteiger partial charge in [-0.25, -0.2) is 0 Å². The molecule has 0 aromatic rings. The number of aliphatic hydroxyl groups excluding tert-OH is 4. The van der Waals surface area contributed by atoms with Crippen LogP contribution in [0.3, 0.4) is 0 Å². The molecule has 1 aliphatic heterocycles. The SMILES string of the molecule is CCCCC/C=C/C/C=C/C/C=C/C/C=C/C/C=C/CCC(=O)O[C@@H](COC(=O)CCC/C=C/CCCCCCCCCCCCCCCCCCCC)CO[C@H]1O[C@@H](CO)[C@@H](O)C(O)C1O. The Labute approximate surface area is 408 Å². The lowest BCUT2D eigenvalue weighted by Crippen LogP contribution is -2.59. The van der Waals surface area contributed by atoms with Crippen LogP contribution in [0, 0.1) is 0 Å². The van der Waals surface area contributed by atoms with Gasteiger partial charge in [-0.3, -0.25) is 9.59 Å². The zero-order valence-corrected chi connectivity index (χ0v) is 42.4. The van der Waals surface area contributed by atoms with Crippen molar-refractivity contribution in [2.75, 3.05) is 19.8 Å². The summed E-state index contributed by atoms with van der Waals surface area (Å²) in [5.41, 5.74) is 0. The van der Waals surface area contributed by atoms with Gasteiger partial charge in [0, 0.05) is 12.8 Å². The van der Waals surface area contributed by atoms with Gasteiger partial charge in [0.25, 0.3) is 0 Å². The van der Waals surface area contributed by atoms with Crippen molar-refractivity contribution >= 4 is 11.9 Å². The summed E-state index contributed by atoms with van der Waals surface area (Å²) in [6.45, 7) is 3.32. The molecule has 0 amide bonds. The molecule has 0 bridgehead atoms. The number of hydrogen-bond acceptors (Lipinski definition) is 10. The summed E-state index contributed by atoms with van der Waals surface area (Å²) < 4.78 is 22.1. The molecular weight excluding hydrogens is 845 g/mol. The van der Waals surface area contributed by atoms with E-state index in [-0.39, 0.29) is 26.1 Å². The Morgan fingerprint density at radius 3 is 1.36 bits per heavy atom. The number of carbonyl (C=O) groups excluding carboxylic acids is 2. The maximum atomic E-state index is 12.8. The maximum absolute atomic E-state index is 12.8. The highest BCUT2D eigenvalue weighted by Gasteiger charge is 2.44. The van der Waals surface area contributed by atoms with Gasteiger partial charge in [-0.15, -0.1) is 0 Å². The van der Waals surface area contributed by atoms with Crippen LogP contribution in [0.5, 0.6) is 0 Å². The molecule has 0 spiro atoms. The van der Waals surface area contributed by atoms with E-state index in [1.165, 1.54) is 141 Å². The second kappa shape index (κ2) is 46.8. The first-order chi connectivity index (χ1) is 32.8. The first-order valence-corrected chi connectivity index (χ1v) is 27.0. The Hall–Kier alpha value is -2.86. The molecule has 0 aromatic heterocycles. The Bertz CT molecular complexity index is 1320. The first-order valence-electron chi connectivity index (χ1n) is 27.0. The van der Waals surface area contributed by atoms with Crippen molar-refractivity contribution in [2.24, 2.45) is 0 Å². The van der Waals surface area contributed by atoms with Crippen LogP contribution < -0.4 is 0 Å². The molecule has 1 fully saturated rings.